The zero-order valence-corrected chi connectivity index (χ0v) is 9.79. The minimum Gasteiger partial charge on any atom is -0.454 e. The molecule has 1 unspecified atom stereocenters. The molecule has 4 heteroatoms. The summed E-state index contributed by atoms with van der Waals surface area (Å²) in [5, 5.41) is -0.278. The van der Waals surface area contributed by atoms with E-state index in [1.165, 1.54) is 0 Å². The van der Waals surface area contributed by atoms with Crippen molar-refractivity contribution in [1.29, 1.82) is 0 Å². The molecule has 16 heavy (non-hydrogen) atoms. The van der Waals surface area contributed by atoms with Crippen molar-refractivity contribution in [3.05, 3.63) is 23.8 Å². The summed E-state index contributed by atoms with van der Waals surface area (Å²) < 4.78 is 10.5. The molecule has 86 valence electrons. The van der Waals surface area contributed by atoms with Crippen LogP contribution in [0.4, 0.5) is 0 Å². The van der Waals surface area contributed by atoms with E-state index >= 15 is 0 Å². The number of benzene rings is 1. The fourth-order valence-corrected chi connectivity index (χ4v) is 1.97. The Balaban J connectivity index is 2.13. The zero-order valence-electron chi connectivity index (χ0n) is 9.03. The van der Waals surface area contributed by atoms with Crippen LogP contribution in [0.5, 0.6) is 11.5 Å². The monoisotopic (exact) mass is 240 g/mol. The van der Waals surface area contributed by atoms with Gasteiger partial charge in [-0.1, -0.05) is 13.0 Å². The molecule has 0 fully saturated rings. The predicted octanol–water partition coefficient (Wildman–Crippen LogP) is 2.75. The molecule has 1 heterocycles. The first-order valence-electron chi connectivity index (χ1n) is 5.28. The highest BCUT2D eigenvalue weighted by atomic mass is 35.5. The number of hydrogen-bond donors (Lipinski definition) is 0. The van der Waals surface area contributed by atoms with E-state index in [0.717, 1.165) is 23.5 Å². The van der Waals surface area contributed by atoms with Gasteiger partial charge in [0.15, 0.2) is 11.5 Å². The molecule has 1 aromatic carbocycles. The van der Waals surface area contributed by atoms with Gasteiger partial charge >= 0.3 is 0 Å². The number of carbonyl (C=O) groups excluding carboxylic acids is 1. The minimum absolute atomic E-state index is 0.123. The van der Waals surface area contributed by atoms with Crippen LogP contribution >= 0.6 is 11.6 Å². The second kappa shape index (κ2) is 4.74. The Hall–Kier alpha value is -1.22. The van der Waals surface area contributed by atoms with Gasteiger partial charge < -0.3 is 9.47 Å². The molecule has 0 saturated carbocycles. The lowest BCUT2D eigenvalue weighted by molar-refractivity contribution is -0.115. The van der Waals surface area contributed by atoms with Crippen LogP contribution in [0, 0.1) is 5.92 Å². The van der Waals surface area contributed by atoms with Crippen LogP contribution in [0.2, 0.25) is 0 Å². The van der Waals surface area contributed by atoms with E-state index < -0.39 is 0 Å². The minimum atomic E-state index is -0.278. The van der Waals surface area contributed by atoms with Gasteiger partial charge in [0.05, 0.1) is 0 Å². The first-order chi connectivity index (χ1) is 7.70. The van der Waals surface area contributed by atoms with Crippen LogP contribution in [-0.2, 0) is 11.2 Å². The van der Waals surface area contributed by atoms with Gasteiger partial charge in [0, 0.05) is 5.92 Å². The summed E-state index contributed by atoms with van der Waals surface area (Å²) in [5.41, 5.74) is 1.05. The molecule has 0 aliphatic carbocycles. The molecule has 0 spiro atoms. The van der Waals surface area contributed by atoms with Crippen LogP contribution < -0.4 is 9.47 Å². The average molecular weight is 241 g/mol. The van der Waals surface area contributed by atoms with Crippen LogP contribution in [-0.4, -0.2) is 12.0 Å². The van der Waals surface area contributed by atoms with Crippen LogP contribution in [0.25, 0.3) is 0 Å². The number of fused-ring (bicyclic) bond motifs is 1. The second-order valence-electron chi connectivity index (χ2n) is 3.80. The zero-order chi connectivity index (χ0) is 11.5. The van der Waals surface area contributed by atoms with Crippen molar-refractivity contribution in [2.24, 2.45) is 5.92 Å². The topological polar surface area (TPSA) is 35.5 Å². The van der Waals surface area contributed by atoms with E-state index in [4.69, 9.17) is 21.1 Å². The number of carbonyl (C=O) groups is 1. The normalized spacial score (nSPS) is 14.9. The molecule has 0 radical (unpaired) electrons. The highest BCUT2D eigenvalue weighted by Crippen LogP contribution is 2.33. The Labute approximate surface area is 99.3 Å². The molecule has 0 amide bonds. The largest absolute Gasteiger partial charge is 0.454 e. The summed E-state index contributed by atoms with van der Waals surface area (Å²) in [4.78, 5) is 11.1. The van der Waals surface area contributed by atoms with Crippen molar-refractivity contribution in [3.8, 4) is 11.5 Å². The fourth-order valence-electron chi connectivity index (χ4n) is 1.74. The third kappa shape index (κ3) is 2.30. The maximum absolute atomic E-state index is 11.1. The first-order valence-corrected chi connectivity index (χ1v) is 5.66. The smallest absolute Gasteiger partial charge is 0.231 e. The van der Waals surface area contributed by atoms with Crippen molar-refractivity contribution in [2.45, 2.75) is 19.8 Å². The standard InChI is InChI=1S/C12H13ClO3/c1-2-9(12(13)14)5-8-3-4-10-11(6-8)16-7-15-10/h3-4,6,9H,2,5,7H2,1H3. The van der Waals surface area contributed by atoms with E-state index in [1.807, 2.05) is 25.1 Å². The van der Waals surface area contributed by atoms with Gasteiger partial charge in [0.2, 0.25) is 12.0 Å². The van der Waals surface area contributed by atoms with Gasteiger partial charge in [-0.25, -0.2) is 0 Å². The summed E-state index contributed by atoms with van der Waals surface area (Å²) in [6, 6.07) is 5.71. The van der Waals surface area contributed by atoms with Gasteiger partial charge in [-0.2, -0.15) is 0 Å². The molecule has 1 aliphatic heterocycles. The van der Waals surface area contributed by atoms with Crippen LogP contribution in [0.1, 0.15) is 18.9 Å². The van der Waals surface area contributed by atoms with E-state index in [9.17, 15) is 4.79 Å². The second-order valence-corrected chi connectivity index (χ2v) is 4.17. The maximum atomic E-state index is 11.1. The Bertz CT molecular complexity index is 403. The van der Waals surface area contributed by atoms with E-state index in [2.05, 4.69) is 0 Å². The maximum Gasteiger partial charge on any atom is 0.231 e. The SMILES string of the molecule is CCC(Cc1ccc2c(c1)OCO2)C(=O)Cl. The molecular weight excluding hydrogens is 228 g/mol. The van der Waals surface area contributed by atoms with Gasteiger partial charge in [0.25, 0.3) is 0 Å². The summed E-state index contributed by atoms with van der Waals surface area (Å²) in [7, 11) is 0. The van der Waals surface area contributed by atoms with Crippen LogP contribution in [0.3, 0.4) is 0 Å². The number of ether oxygens (including phenoxy) is 2. The first kappa shape index (κ1) is 11.3. The number of rotatable bonds is 4. The van der Waals surface area contributed by atoms with Crippen molar-refractivity contribution in [2.75, 3.05) is 6.79 Å². The lowest BCUT2D eigenvalue weighted by Crippen LogP contribution is -2.10. The van der Waals surface area contributed by atoms with Crippen molar-refractivity contribution in [3.63, 3.8) is 0 Å². The van der Waals surface area contributed by atoms with Gasteiger partial charge in [0.1, 0.15) is 0 Å². The molecule has 1 atom stereocenters. The summed E-state index contributed by atoms with van der Waals surface area (Å²) in [6.45, 7) is 2.22. The molecule has 3 nitrogen and oxygen atoms in total. The highest BCUT2D eigenvalue weighted by molar-refractivity contribution is 6.64. The summed E-state index contributed by atoms with van der Waals surface area (Å²) in [6.07, 6.45) is 1.40. The number of halogens is 1. The third-order valence-corrected chi connectivity index (χ3v) is 3.04. The predicted molar refractivity (Wildman–Crippen MR) is 60.9 cm³/mol. The van der Waals surface area contributed by atoms with Crippen molar-refractivity contribution < 1.29 is 14.3 Å². The molecule has 0 saturated heterocycles. The van der Waals surface area contributed by atoms with Crippen molar-refractivity contribution in [1.82, 2.24) is 0 Å². The molecule has 0 N–H and O–H groups in total. The Morgan fingerprint density at radius 1 is 1.44 bits per heavy atom. The fraction of sp³-hybridized carbons (Fsp3) is 0.417. The Morgan fingerprint density at radius 3 is 2.88 bits per heavy atom. The molecule has 0 aromatic heterocycles. The summed E-state index contributed by atoms with van der Waals surface area (Å²) >= 11 is 5.52. The molecular formula is C12H13ClO3. The molecule has 1 aliphatic rings. The average Bonchev–Trinajstić information content (AvgIpc) is 2.72. The lowest BCUT2D eigenvalue weighted by Gasteiger charge is -2.09. The third-order valence-electron chi connectivity index (χ3n) is 2.73. The molecule has 0 bridgehead atoms. The van der Waals surface area contributed by atoms with Crippen LogP contribution in [0.15, 0.2) is 18.2 Å². The summed E-state index contributed by atoms with van der Waals surface area (Å²) in [5.74, 6) is 1.38. The van der Waals surface area contributed by atoms with Crippen molar-refractivity contribution >= 4 is 16.8 Å². The van der Waals surface area contributed by atoms with E-state index in [1.54, 1.807) is 0 Å². The van der Waals surface area contributed by atoms with Gasteiger partial charge in [-0.15, -0.1) is 0 Å². The van der Waals surface area contributed by atoms with Gasteiger partial charge in [-0.05, 0) is 42.1 Å². The Kier molecular flexibility index (Phi) is 3.34. The Morgan fingerprint density at radius 2 is 2.19 bits per heavy atom. The lowest BCUT2D eigenvalue weighted by atomic mass is 9.98. The highest BCUT2D eigenvalue weighted by Gasteiger charge is 2.17. The van der Waals surface area contributed by atoms with E-state index in [0.29, 0.717) is 6.42 Å². The quantitative estimate of drug-likeness (QED) is 0.760. The molecule has 1 aromatic rings. The van der Waals surface area contributed by atoms with Gasteiger partial charge in [-0.3, -0.25) is 4.79 Å². The molecule has 2 rings (SSSR count). The number of hydrogen-bond acceptors (Lipinski definition) is 3. The van der Waals surface area contributed by atoms with E-state index in [-0.39, 0.29) is 18.0 Å².